The minimum Gasteiger partial charge on any atom is -0.334 e. The van der Waals surface area contributed by atoms with Crippen LogP contribution in [0.5, 0.6) is 0 Å². The molecule has 13 rings (SSSR count). The fraction of sp³-hybridized carbons (Fsp3) is 0.107. The molecule has 292 valence electrons. The smallest absolute Gasteiger partial charge is 0.0912 e. The number of hydrogen-bond acceptors (Lipinski definition) is 2. The Labute approximate surface area is 356 Å². The Kier molecular flexibility index (Phi) is 7.41. The van der Waals surface area contributed by atoms with Crippen LogP contribution in [-0.4, -0.2) is 18.3 Å². The number of nitrogens with zero attached hydrogens (tertiary/aromatic N) is 6. The predicted octanol–water partition coefficient (Wildman–Crippen LogP) is 13.7. The van der Waals surface area contributed by atoms with Crippen molar-refractivity contribution in [2.24, 2.45) is 11.8 Å². The minimum atomic E-state index is -0.674. The Morgan fingerprint density at radius 1 is 0.242 bits per heavy atom. The summed E-state index contributed by atoms with van der Waals surface area (Å²) >= 11 is 0. The Bertz CT molecular complexity index is 3510. The van der Waals surface area contributed by atoms with E-state index in [1.807, 2.05) is 0 Å². The van der Waals surface area contributed by atoms with E-state index in [1.54, 1.807) is 0 Å². The predicted molar refractivity (Wildman–Crippen MR) is 252 cm³/mol. The summed E-state index contributed by atoms with van der Waals surface area (Å²) in [5.74, 6) is -1.35. The number of para-hydroxylation sites is 8. The van der Waals surface area contributed by atoms with Crippen LogP contribution in [0.25, 0.3) is 87.2 Å². The summed E-state index contributed by atoms with van der Waals surface area (Å²) in [4.78, 5) is 0. The van der Waals surface area contributed by atoms with E-state index in [0.29, 0.717) is 0 Å². The lowest BCUT2D eigenvalue weighted by atomic mass is 9.68. The van der Waals surface area contributed by atoms with Gasteiger partial charge in [-0.3, -0.25) is 0 Å². The highest BCUT2D eigenvalue weighted by atomic mass is 15.2. The topological polar surface area (TPSA) is 67.3 Å². The standard InChI is InChI=1S/C56H38N6/c57-33-43-53(59-45-25-9-1-17-35(45)36-18-2-10-26-46(36)59)44(34-58)55(61-49-29-13-5-21-39(49)40-22-6-14-30-50(40)61)56(62-51-31-15-7-23-41(51)42-24-8-16-32-52(42)62)54(43)60-47-27-11-3-19-37(47)38-20-4-12-28-48(38)60/h1-32,43-44,53-56H. The summed E-state index contributed by atoms with van der Waals surface area (Å²) in [7, 11) is 0. The number of hydrogen-bond donors (Lipinski definition) is 0. The van der Waals surface area contributed by atoms with E-state index in [4.69, 9.17) is 0 Å². The molecule has 1 aliphatic rings. The lowest BCUT2D eigenvalue weighted by molar-refractivity contribution is 0.0686. The average molecular weight is 795 g/mol. The highest BCUT2D eigenvalue weighted by Gasteiger charge is 2.56. The van der Waals surface area contributed by atoms with Gasteiger partial charge >= 0.3 is 0 Å². The van der Waals surface area contributed by atoms with Gasteiger partial charge in [0.15, 0.2) is 0 Å². The molecule has 0 bridgehead atoms. The first-order valence-corrected chi connectivity index (χ1v) is 21.5. The molecule has 1 aliphatic carbocycles. The van der Waals surface area contributed by atoms with Crippen molar-refractivity contribution in [3.63, 3.8) is 0 Å². The van der Waals surface area contributed by atoms with Crippen LogP contribution in [0.2, 0.25) is 0 Å². The van der Waals surface area contributed by atoms with Gasteiger partial charge in [-0.15, -0.1) is 0 Å². The lowest BCUT2D eigenvalue weighted by Crippen LogP contribution is -2.48. The Hall–Kier alpha value is -8.06. The first kappa shape index (κ1) is 34.8. The molecule has 0 aliphatic heterocycles. The fourth-order valence-corrected chi connectivity index (χ4v) is 11.9. The largest absolute Gasteiger partial charge is 0.334 e. The zero-order valence-electron chi connectivity index (χ0n) is 33.6. The average Bonchev–Trinajstić information content (AvgIpc) is 4.06. The van der Waals surface area contributed by atoms with Gasteiger partial charge in [-0.2, -0.15) is 10.5 Å². The monoisotopic (exact) mass is 794 g/mol. The first-order valence-electron chi connectivity index (χ1n) is 21.5. The summed E-state index contributed by atoms with van der Waals surface area (Å²) in [5, 5.41) is 33.6. The number of nitriles is 2. The molecule has 4 heterocycles. The van der Waals surface area contributed by atoms with Crippen LogP contribution in [0.3, 0.4) is 0 Å². The molecular formula is C56H38N6. The minimum absolute atomic E-state index is 0.433. The number of fused-ring (bicyclic) bond motifs is 12. The van der Waals surface area contributed by atoms with Crippen LogP contribution in [0.4, 0.5) is 0 Å². The van der Waals surface area contributed by atoms with Crippen LogP contribution >= 0.6 is 0 Å². The maximum atomic E-state index is 12.2. The molecule has 0 spiro atoms. The molecule has 4 aromatic heterocycles. The van der Waals surface area contributed by atoms with Gasteiger partial charge in [0.1, 0.15) is 0 Å². The van der Waals surface area contributed by atoms with Crippen molar-refractivity contribution >= 4 is 87.2 Å². The van der Waals surface area contributed by atoms with Crippen molar-refractivity contribution in [1.29, 1.82) is 10.5 Å². The van der Waals surface area contributed by atoms with Gasteiger partial charge < -0.3 is 18.3 Å². The summed E-state index contributed by atoms with van der Waals surface area (Å²) < 4.78 is 9.87. The second-order valence-electron chi connectivity index (χ2n) is 16.9. The zero-order chi connectivity index (χ0) is 41.1. The summed E-state index contributed by atoms with van der Waals surface area (Å²) in [6.07, 6.45) is 0. The van der Waals surface area contributed by atoms with E-state index in [1.165, 1.54) is 0 Å². The van der Waals surface area contributed by atoms with Gasteiger partial charge in [-0.1, -0.05) is 146 Å². The van der Waals surface area contributed by atoms with Crippen molar-refractivity contribution in [2.45, 2.75) is 24.2 Å². The summed E-state index contributed by atoms with van der Waals surface area (Å²) in [6, 6.07) is 73.1. The molecular weight excluding hydrogens is 757 g/mol. The molecule has 6 heteroatoms. The van der Waals surface area contributed by atoms with Crippen LogP contribution < -0.4 is 0 Å². The quantitative estimate of drug-likeness (QED) is 0.178. The molecule has 4 atom stereocenters. The Balaban J connectivity index is 1.26. The highest BCUT2D eigenvalue weighted by Crippen LogP contribution is 2.60. The molecule has 0 radical (unpaired) electrons. The maximum Gasteiger partial charge on any atom is 0.0912 e. The molecule has 12 aromatic rings. The molecule has 0 saturated heterocycles. The molecule has 62 heavy (non-hydrogen) atoms. The van der Waals surface area contributed by atoms with Gasteiger partial charge in [-0.25, -0.2) is 0 Å². The third-order valence-electron chi connectivity index (χ3n) is 14.1. The molecule has 4 unspecified atom stereocenters. The summed E-state index contributed by atoms with van der Waals surface area (Å²) in [5.41, 5.74) is 8.50. The number of rotatable bonds is 4. The van der Waals surface area contributed by atoms with Crippen molar-refractivity contribution < 1.29 is 0 Å². The van der Waals surface area contributed by atoms with Crippen molar-refractivity contribution in [3.05, 3.63) is 194 Å². The van der Waals surface area contributed by atoms with E-state index >= 15 is 0 Å². The van der Waals surface area contributed by atoms with E-state index < -0.39 is 36.0 Å². The molecule has 0 amide bonds. The first-order chi connectivity index (χ1) is 30.8. The molecule has 1 saturated carbocycles. The van der Waals surface area contributed by atoms with E-state index in [0.717, 1.165) is 87.2 Å². The van der Waals surface area contributed by atoms with E-state index in [-0.39, 0.29) is 0 Å². The van der Waals surface area contributed by atoms with Crippen molar-refractivity contribution in [2.75, 3.05) is 0 Å². The highest BCUT2D eigenvalue weighted by molar-refractivity contribution is 6.11. The Morgan fingerprint density at radius 3 is 0.629 bits per heavy atom. The molecule has 8 aromatic carbocycles. The van der Waals surface area contributed by atoms with E-state index in [2.05, 4.69) is 225 Å². The third-order valence-corrected chi connectivity index (χ3v) is 14.1. The van der Waals surface area contributed by atoms with Crippen molar-refractivity contribution in [1.82, 2.24) is 18.3 Å². The SMILES string of the molecule is N#CC1C(n2c3ccccc3c3ccccc32)C(C#N)C(n2c3ccccc3c3ccccc32)C(n2c3ccccc3c3ccccc32)C1n1c2ccccc2c2ccccc21. The second-order valence-corrected chi connectivity index (χ2v) is 16.9. The van der Waals surface area contributed by atoms with Crippen LogP contribution in [0.1, 0.15) is 24.2 Å². The van der Waals surface area contributed by atoms with Gasteiger partial charge in [0.25, 0.3) is 0 Å². The van der Waals surface area contributed by atoms with Crippen LogP contribution in [0, 0.1) is 34.5 Å². The van der Waals surface area contributed by atoms with Crippen LogP contribution in [0.15, 0.2) is 194 Å². The number of benzene rings is 8. The van der Waals surface area contributed by atoms with Gasteiger partial charge in [0.05, 0.1) is 48.1 Å². The second kappa shape index (κ2) is 13.2. The van der Waals surface area contributed by atoms with E-state index in [9.17, 15) is 10.5 Å². The zero-order valence-corrected chi connectivity index (χ0v) is 33.6. The summed E-state index contributed by atoms with van der Waals surface area (Å²) in [6.45, 7) is 0. The lowest BCUT2D eigenvalue weighted by Gasteiger charge is -2.50. The van der Waals surface area contributed by atoms with Gasteiger partial charge in [0, 0.05) is 87.2 Å². The fourth-order valence-electron chi connectivity index (χ4n) is 11.9. The molecule has 0 N–H and O–H groups in total. The normalized spacial score (nSPS) is 20.5. The van der Waals surface area contributed by atoms with Crippen molar-refractivity contribution in [3.8, 4) is 12.1 Å². The molecule has 6 nitrogen and oxygen atoms in total. The third kappa shape index (κ3) is 4.56. The van der Waals surface area contributed by atoms with Gasteiger partial charge in [-0.05, 0) is 48.5 Å². The maximum absolute atomic E-state index is 12.2. The Morgan fingerprint density at radius 2 is 0.419 bits per heavy atom. The molecule has 1 fully saturated rings. The van der Waals surface area contributed by atoms with Gasteiger partial charge in [0.2, 0.25) is 0 Å². The van der Waals surface area contributed by atoms with Crippen LogP contribution in [-0.2, 0) is 0 Å². The number of aromatic nitrogens is 4.